The Morgan fingerprint density at radius 3 is 2.51 bits per heavy atom. The molecule has 0 N–H and O–H groups in total. The second-order valence-electron chi connectivity index (χ2n) is 9.53. The topological polar surface area (TPSA) is 60.5 Å². The monoisotopic (exact) mass is 498 g/mol. The van der Waals surface area contributed by atoms with Crippen LogP contribution in [-0.2, 0) is 13.1 Å². The maximum absolute atomic E-state index is 13.4. The lowest BCUT2D eigenvalue weighted by atomic mass is 9.98. The number of fused-ring (bicyclic) bond motifs is 4. The minimum Gasteiger partial charge on any atom is -0.478 e. The molecule has 0 saturated carbocycles. The highest BCUT2D eigenvalue weighted by molar-refractivity contribution is 6.15. The van der Waals surface area contributed by atoms with E-state index >= 15 is 0 Å². The number of nitrogens with zero attached hydrogens (tertiary/aromatic N) is 2. The summed E-state index contributed by atoms with van der Waals surface area (Å²) >= 11 is 0. The SMILES string of the molecule is CCN(CC)c1ccc(/C=C2\Oc3c4c(cc(C)c3C2=O)OCN(Cc2ccc3c(c2)OCO3)C4)cc1. The van der Waals surface area contributed by atoms with Crippen molar-refractivity contribution < 1.29 is 23.7 Å². The van der Waals surface area contributed by atoms with Gasteiger partial charge in [-0.2, -0.15) is 0 Å². The second kappa shape index (κ2) is 9.48. The van der Waals surface area contributed by atoms with Crippen molar-refractivity contribution in [1.29, 1.82) is 0 Å². The van der Waals surface area contributed by atoms with Gasteiger partial charge in [-0.15, -0.1) is 0 Å². The number of aryl methyl sites for hydroxylation is 1. The summed E-state index contributed by atoms with van der Waals surface area (Å²) in [6.45, 7) is 10.1. The molecule has 3 aromatic rings. The van der Waals surface area contributed by atoms with Crippen LogP contribution in [0.15, 0.2) is 54.3 Å². The minimum absolute atomic E-state index is 0.0870. The van der Waals surface area contributed by atoms with Crippen LogP contribution >= 0.6 is 0 Å². The van der Waals surface area contributed by atoms with Gasteiger partial charge in [-0.05, 0) is 73.9 Å². The maximum Gasteiger partial charge on any atom is 0.232 e. The van der Waals surface area contributed by atoms with E-state index in [1.807, 2.05) is 49.4 Å². The highest BCUT2D eigenvalue weighted by Gasteiger charge is 2.35. The average Bonchev–Trinajstić information content (AvgIpc) is 3.51. The maximum atomic E-state index is 13.4. The predicted molar refractivity (Wildman–Crippen MR) is 141 cm³/mol. The molecule has 0 unspecified atom stereocenters. The van der Waals surface area contributed by atoms with Gasteiger partial charge in [0.05, 0.1) is 11.1 Å². The molecule has 0 amide bonds. The summed E-state index contributed by atoms with van der Waals surface area (Å²) in [4.78, 5) is 17.8. The van der Waals surface area contributed by atoms with E-state index in [4.69, 9.17) is 18.9 Å². The van der Waals surface area contributed by atoms with Crippen molar-refractivity contribution in [1.82, 2.24) is 4.90 Å². The first-order chi connectivity index (χ1) is 18.0. The Kier molecular flexibility index (Phi) is 6.00. The van der Waals surface area contributed by atoms with Gasteiger partial charge >= 0.3 is 0 Å². The summed E-state index contributed by atoms with van der Waals surface area (Å²) in [7, 11) is 0. The van der Waals surface area contributed by atoms with Gasteiger partial charge in [-0.25, -0.2) is 0 Å². The zero-order chi connectivity index (χ0) is 25.5. The van der Waals surface area contributed by atoms with E-state index < -0.39 is 0 Å². The number of anilines is 1. The molecule has 0 spiro atoms. The van der Waals surface area contributed by atoms with Crippen LogP contribution in [0.1, 0.15) is 46.5 Å². The molecule has 3 aliphatic rings. The van der Waals surface area contributed by atoms with Gasteiger partial charge in [0.25, 0.3) is 0 Å². The molecular formula is C30H30N2O5. The molecule has 0 radical (unpaired) electrons. The van der Waals surface area contributed by atoms with Crippen molar-refractivity contribution >= 4 is 17.5 Å². The summed E-state index contributed by atoms with van der Waals surface area (Å²) < 4.78 is 23.3. The van der Waals surface area contributed by atoms with Gasteiger partial charge in [0, 0.05) is 31.9 Å². The Labute approximate surface area is 216 Å². The van der Waals surface area contributed by atoms with Crippen LogP contribution in [0.2, 0.25) is 0 Å². The third-order valence-corrected chi connectivity index (χ3v) is 7.15. The molecule has 3 heterocycles. The number of rotatable bonds is 6. The van der Waals surface area contributed by atoms with Crippen molar-refractivity contribution in [2.45, 2.75) is 33.9 Å². The van der Waals surface area contributed by atoms with E-state index in [1.54, 1.807) is 0 Å². The molecule has 0 fully saturated rings. The van der Waals surface area contributed by atoms with E-state index in [9.17, 15) is 4.79 Å². The van der Waals surface area contributed by atoms with Gasteiger partial charge in [-0.3, -0.25) is 9.69 Å². The molecule has 7 heteroatoms. The van der Waals surface area contributed by atoms with Crippen LogP contribution in [-0.4, -0.2) is 37.3 Å². The molecule has 190 valence electrons. The van der Waals surface area contributed by atoms with E-state index in [2.05, 4.69) is 35.8 Å². The standard InChI is InChI=1S/C30H30N2O5/c1-4-32(5-2)22-9-6-20(7-10-22)13-27-29(33)28-19(3)12-25-23(30(28)37-27)16-31(17-34-25)15-21-8-11-24-26(14-21)36-18-35-24/h6-14H,4-5,15-18H2,1-3H3/b27-13-. The first-order valence-corrected chi connectivity index (χ1v) is 12.7. The van der Waals surface area contributed by atoms with Crippen LogP contribution in [0, 0.1) is 6.92 Å². The molecule has 0 saturated heterocycles. The Morgan fingerprint density at radius 2 is 1.73 bits per heavy atom. The van der Waals surface area contributed by atoms with Crippen LogP contribution in [0.4, 0.5) is 5.69 Å². The smallest absolute Gasteiger partial charge is 0.232 e. The van der Waals surface area contributed by atoms with Crippen LogP contribution in [0.25, 0.3) is 6.08 Å². The molecular weight excluding hydrogens is 468 g/mol. The number of carbonyl (C=O) groups excluding carboxylic acids is 1. The van der Waals surface area contributed by atoms with Crippen LogP contribution in [0.5, 0.6) is 23.0 Å². The number of Topliss-reactive ketones (excluding diaryl/α,β-unsaturated/α-hetero) is 1. The molecule has 3 aromatic carbocycles. The van der Waals surface area contributed by atoms with Gasteiger partial charge < -0.3 is 23.8 Å². The highest BCUT2D eigenvalue weighted by atomic mass is 16.7. The Hall–Kier alpha value is -3.97. The number of allylic oxidation sites excluding steroid dienone is 1. The number of benzene rings is 3. The van der Waals surface area contributed by atoms with Crippen LogP contribution in [0.3, 0.4) is 0 Å². The Balaban J connectivity index is 1.24. The molecule has 6 rings (SSSR count). The lowest BCUT2D eigenvalue weighted by Crippen LogP contribution is -2.31. The summed E-state index contributed by atoms with van der Waals surface area (Å²) in [5, 5.41) is 0. The molecule has 0 aromatic heterocycles. The quantitative estimate of drug-likeness (QED) is 0.414. The number of carbonyl (C=O) groups is 1. The average molecular weight is 499 g/mol. The fourth-order valence-electron chi connectivity index (χ4n) is 5.20. The van der Waals surface area contributed by atoms with Crippen molar-refractivity contribution in [3.63, 3.8) is 0 Å². The van der Waals surface area contributed by atoms with Gasteiger partial charge in [-0.1, -0.05) is 18.2 Å². The fraction of sp³-hybridized carbons (Fsp3) is 0.300. The molecule has 7 nitrogen and oxygen atoms in total. The normalized spacial score (nSPS) is 16.8. The fourth-order valence-corrected chi connectivity index (χ4v) is 5.20. The molecule has 0 aliphatic carbocycles. The Bertz CT molecular complexity index is 1390. The largest absolute Gasteiger partial charge is 0.478 e. The van der Waals surface area contributed by atoms with Gasteiger partial charge in [0.1, 0.15) is 18.2 Å². The van der Waals surface area contributed by atoms with Crippen molar-refractivity contribution in [3.8, 4) is 23.0 Å². The van der Waals surface area contributed by atoms with Gasteiger partial charge in [0.2, 0.25) is 12.6 Å². The lowest BCUT2D eigenvalue weighted by molar-refractivity contribution is 0.0871. The number of hydrogen-bond donors (Lipinski definition) is 0. The summed E-state index contributed by atoms with van der Waals surface area (Å²) in [5.41, 5.74) is 5.59. The number of hydrogen-bond acceptors (Lipinski definition) is 7. The van der Waals surface area contributed by atoms with E-state index in [0.717, 1.165) is 52.6 Å². The zero-order valence-electron chi connectivity index (χ0n) is 21.4. The van der Waals surface area contributed by atoms with Gasteiger partial charge in [0.15, 0.2) is 17.3 Å². The zero-order valence-corrected chi connectivity index (χ0v) is 21.4. The van der Waals surface area contributed by atoms with E-state index in [-0.39, 0.29) is 12.6 Å². The summed E-state index contributed by atoms with van der Waals surface area (Å²) in [5.74, 6) is 3.18. The third-order valence-electron chi connectivity index (χ3n) is 7.15. The highest BCUT2D eigenvalue weighted by Crippen LogP contribution is 2.44. The number of ketones is 1. The van der Waals surface area contributed by atoms with Crippen molar-refractivity contribution in [3.05, 3.63) is 82.1 Å². The second-order valence-corrected chi connectivity index (χ2v) is 9.53. The molecule has 0 atom stereocenters. The first kappa shape index (κ1) is 23.4. The molecule has 0 bridgehead atoms. The Morgan fingerprint density at radius 1 is 0.946 bits per heavy atom. The van der Waals surface area contributed by atoms with E-state index in [0.29, 0.717) is 36.9 Å². The van der Waals surface area contributed by atoms with E-state index in [1.165, 1.54) is 5.69 Å². The minimum atomic E-state index is -0.0870. The number of ether oxygens (including phenoxy) is 4. The molecule has 37 heavy (non-hydrogen) atoms. The first-order valence-electron chi connectivity index (χ1n) is 12.7. The lowest BCUT2D eigenvalue weighted by Gasteiger charge is -2.30. The molecule has 3 aliphatic heterocycles. The summed E-state index contributed by atoms with van der Waals surface area (Å²) in [6.07, 6.45) is 1.83. The van der Waals surface area contributed by atoms with Crippen molar-refractivity contribution in [2.75, 3.05) is 31.5 Å². The predicted octanol–water partition coefficient (Wildman–Crippen LogP) is 5.54. The third kappa shape index (κ3) is 4.29. The summed E-state index contributed by atoms with van der Waals surface area (Å²) in [6, 6.07) is 16.2. The van der Waals surface area contributed by atoms with Crippen molar-refractivity contribution in [2.24, 2.45) is 0 Å². The van der Waals surface area contributed by atoms with Crippen LogP contribution < -0.4 is 23.8 Å².